The van der Waals surface area contributed by atoms with Gasteiger partial charge in [0.1, 0.15) is 5.75 Å². The van der Waals surface area contributed by atoms with Crippen molar-refractivity contribution in [2.24, 2.45) is 5.92 Å². The summed E-state index contributed by atoms with van der Waals surface area (Å²) < 4.78 is 6.06. The van der Waals surface area contributed by atoms with Gasteiger partial charge in [0.15, 0.2) is 0 Å². The zero-order valence-corrected chi connectivity index (χ0v) is 13.1. The van der Waals surface area contributed by atoms with Crippen LogP contribution in [0.5, 0.6) is 5.75 Å². The molecule has 20 heavy (non-hydrogen) atoms. The monoisotopic (exact) mass is 338 g/mol. The van der Waals surface area contributed by atoms with Gasteiger partial charge in [-0.15, -0.1) is 0 Å². The highest BCUT2D eigenvalue weighted by molar-refractivity contribution is 9.10. The smallest absolute Gasteiger partial charge is 0.255 e. The number of hydrogen-bond donors (Lipinski definition) is 1. The van der Waals surface area contributed by atoms with Gasteiger partial charge in [0.05, 0.1) is 12.7 Å². The largest absolute Gasteiger partial charge is 0.497 e. The number of carbonyl (C=O) groups is 1. The van der Waals surface area contributed by atoms with E-state index in [0.717, 1.165) is 36.3 Å². The fourth-order valence-corrected chi connectivity index (χ4v) is 3.69. The first-order valence-corrected chi connectivity index (χ1v) is 7.85. The van der Waals surface area contributed by atoms with Gasteiger partial charge in [0, 0.05) is 30.1 Å². The number of nitrogens with one attached hydrogen (secondary N) is 1. The Morgan fingerprint density at radius 2 is 2.30 bits per heavy atom. The number of ether oxygens (including phenoxy) is 1. The number of halogens is 1. The Hall–Kier alpha value is -1.07. The Kier molecular flexibility index (Phi) is 3.98. The van der Waals surface area contributed by atoms with Crippen LogP contribution in [-0.2, 0) is 0 Å². The molecule has 0 saturated carbocycles. The summed E-state index contributed by atoms with van der Waals surface area (Å²) in [7, 11) is 1.62. The minimum atomic E-state index is 0.106. The van der Waals surface area contributed by atoms with E-state index in [4.69, 9.17) is 4.74 Å². The molecule has 2 heterocycles. The topological polar surface area (TPSA) is 41.6 Å². The molecule has 2 aliphatic heterocycles. The molecule has 0 spiro atoms. The van der Waals surface area contributed by atoms with Gasteiger partial charge in [-0.1, -0.05) is 0 Å². The fraction of sp³-hybridized carbons (Fsp3) is 0.533. The highest BCUT2D eigenvalue weighted by Crippen LogP contribution is 2.30. The van der Waals surface area contributed by atoms with Gasteiger partial charge < -0.3 is 15.0 Å². The van der Waals surface area contributed by atoms with Gasteiger partial charge in [0.25, 0.3) is 5.91 Å². The van der Waals surface area contributed by atoms with Crippen molar-refractivity contribution < 1.29 is 9.53 Å². The van der Waals surface area contributed by atoms with Crippen molar-refractivity contribution in [2.75, 3.05) is 26.7 Å². The lowest BCUT2D eigenvalue weighted by Gasteiger charge is -2.37. The lowest BCUT2D eigenvalue weighted by Crippen LogP contribution is -2.48. The van der Waals surface area contributed by atoms with Crippen LogP contribution in [0.1, 0.15) is 23.2 Å². The lowest BCUT2D eigenvalue weighted by atomic mass is 9.91. The van der Waals surface area contributed by atoms with E-state index in [2.05, 4.69) is 21.2 Å². The van der Waals surface area contributed by atoms with Crippen LogP contribution in [0.15, 0.2) is 22.7 Å². The summed E-state index contributed by atoms with van der Waals surface area (Å²) in [5, 5.41) is 3.41. The van der Waals surface area contributed by atoms with E-state index in [1.807, 2.05) is 23.1 Å². The van der Waals surface area contributed by atoms with Crippen LogP contribution < -0.4 is 10.1 Å². The second kappa shape index (κ2) is 5.74. The third-order valence-corrected chi connectivity index (χ3v) is 5.03. The number of piperidine rings is 1. The Bertz CT molecular complexity index is 521. The van der Waals surface area contributed by atoms with Crippen LogP contribution in [-0.4, -0.2) is 43.6 Å². The number of nitrogens with zero attached hydrogens (tertiary/aromatic N) is 1. The highest BCUT2D eigenvalue weighted by atomic mass is 79.9. The Morgan fingerprint density at radius 3 is 3.10 bits per heavy atom. The van der Waals surface area contributed by atoms with Crippen LogP contribution >= 0.6 is 15.9 Å². The summed E-state index contributed by atoms with van der Waals surface area (Å²) in [6.45, 7) is 2.80. The SMILES string of the molecule is COc1ccc(Br)c(C(=O)N2CCCC3CNCC32)c1. The molecule has 2 aliphatic rings. The van der Waals surface area contributed by atoms with Gasteiger partial charge >= 0.3 is 0 Å². The number of amides is 1. The predicted molar refractivity (Wildman–Crippen MR) is 81.1 cm³/mol. The third-order valence-electron chi connectivity index (χ3n) is 4.34. The van der Waals surface area contributed by atoms with Crippen LogP contribution in [0.4, 0.5) is 0 Å². The number of carbonyl (C=O) groups excluding carboxylic acids is 1. The van der Waals surface area contributed by atoms with Crippen molar-refractivity contribution in [3.8, 4) is 5.75 Å². The van der Waals surface area contributed by atoms with Crippen LogP contribution in [0.3, 0.4) is 0 Å². The molecule has 3 rings (SSSR count). The summed E-state index contributed by atoms with van der Waals surface area (Å²) in [5.74, 6) is 1.43. The molecule has 1 N–H and O–H groups in total. The first-order valence-electron chi connectivity index (χ1n) is 7.06. The number of methoxy groups -OCH3 is 1. The molecular formula is C15H19BrN2O2. The standard InChI is InChI=1S/C15H19BrN2O2/c1-20-11-4-5-13(16)12(7-11)15(19)18-6-2-3-10-8-17-9-14(10)18/h4-5,7,10,14,17H,2-3,6,8-9H2,1H3. The molecular weight excluding hydrogens is 320 g/mol. The molecule has 2 saturated heterocycles. The van der Waals surface area contributed by atoms with Crippen molar-refractivity contribution in [2.45, 2.75) is 18.9 Å². The van der Waals surface area contributed by atoms with Gasteiger partial charge in [-0.2, -0.15) is 0 Å². The maximum Gasteiger partial charge on any atom is 0.255 e. The molecule has 5 heteroatoms. The quantitative estimate of drug-likeness (QED) is 0.899. The van der Waals surface area contributed by atoms with Crippen molar-refractivity contribution in [3.63, 3.8) is 0 Å². The van der Waals surface area contributed by atoms with Crippen LogP contribution in [0.25, 0.3) is 0 Å². The molecule has 1 amide bonds. The van der Waals surface area contributed by atoms with E-state index in [-0.39, 0.29) is 5.91 Å². The Labute approximate surface area is 127 Å². The molecule has 2 unspecified atom stereocenters. The summed E-state index contributed by atoms with van der Waals surface area (Å²) in [6.07, 6.45) is 2.32. The molecule has 0 aliphatic carbocycles. The van der Waals surface area contributed by atoms with Gasteiger partial charge in [-0.25, -0.2) is 0 Å². The van der Waals surface area contributed by atoms with Crippen molar-refractivity contribution in [1.29, 1.82) is 0 Å². The van der Waals surface area contributed by atoms with Gasteiger partial charge in [-0.05, 0) is 52.9 Å². The number of hydrogen-bond acceptors (Lipinski definition) is 3. The average molecular weight is 339 g/mol. The number of fused-ring (bicyclic) bond motifs is 1. The molecule has 2 fully saturated rings. The molecule has 1 aromatic rings. The number of benzene rings is 1. The second-order valence-electron chi connectivity index (χ2n) is 5.47. The lowest BCUT2D eigenvalue weighted by molar-refractivity contribution is 0.0573. The number of rotatable bonds is 2. The average Bonchev–Trinajstić information content (AvgIpc) is 2.95. The van der Waals surface area contributed by atoms with E-state index < -0.39 is 0 Å². The predicted octanol–water partition coefficient (Wildman–Crippen LogP) is 2.28. The Balaban J connectivity index is 1.88. The molecule has 0 radical (unpaired) electrons. The van der Waals surface area contributed by atoms with Crippen molar-refractivity contribution in [3.05, 3.63) is 28.2 Å². The molecule has 0 aromatic heterocycles. The summed E-state index contributed by atoms with van der Waals surface area (Å²) in [5.41, 5.74) is 0.692. The van der Waals surface area contributed by atoms with Crippen molar-refractivity contribution in [1.82, 2.24) is 10.2 Å². The van der Waals surface area contributed by atoms with Gasteiger partial charge in [0.2, 0.25) is 0 Å². The molecule has 108 valence electrons. The van der Waals surface area contributed by atoms with Crippen molar-refractivity contribution >= 4 is 21.8 Å². The van der Waals surface area contributed by atoms with Crippen LogP contribution in [0.2, 0.25) is 0 Å². The number of likely N-dealkylation sites (tertiary alicyclic amines) is 1. The maximum atomic E-state index is 12.8. The highest BCUT2D eigenvalue weighted by Gasteiger charge is 2.38. The van der Waals surface area contributed by atoms with E-state index in [1.54, 1.807) is 7.11 Å². The summed E-state index contributed by atoms with van der Waals surface area (Å²) >= 11 is 3.48. The summed E-state index contributed by atoms with van der Waals surface area (Å²) in [6, 6.07) is 5.89. The van der Waals surface area contributed by atoms with E-state index in [0.29, 0.717) is 17.5 Å². The first-order chi connectivity index (χ1) is 9.70. The minimum absolute atomic E-state index is 0.106. The van der Waals surface area contributed by atoms with E-state index in [1.165, 1.54) is 6.42 Å². The zero-order valence-electron chi connectivity index (χ0n) is 11.6. The van der Waals surface area contributed by atoms with Gasteiger partial charge in [-0.3, -0.25) is 4.79 Å². The van der Waals surface area contributed by atoms with E-state index >= 15 is 0 Å². The first kappa shape index (κ1) is 13.9. The second-order valence-corrected chi connectivity index (χ2v) is 6.33. The normalized spacial score (nSPS) is 25.4. The maximum absolute atomic E-state index is 12.8. The molecule has 1 aromatic carbocycles. The minimum Gasteiger partial charge on any atom is -0.497 e. The molecule has 0 bridgehead atoms. The molecule has 2 atom stereocenters. The fourth-order valence-electron chi connectivity index (χ4n) is 3.27. The third kappa shape index (κ3) is 2.44. The van der Waals surface area contributed by atoms with E-state index in [9.17, 15) is 4.79 Å². The Morgan fingerprint density at radius 1 is 1.45 bits per heavy atom. The zero-order chi connectivity index (χ0) is 14.1. The molecule has 4 nitrogen and oxygen atoms in total. The van der Waals surface area contributed by atoms with Crippen LogP contribution in [0, 0.1) is 5.92 Å². The summed E-state index contributed by atoms with van der Waals surface area (Å²) in [4.78, 5) is 14.9.